The first-order chi connectivity index (χ1) is 13.5. The maximum atomic E-state index is 12.5. The SMILES string of the molecule is CCn1c(C)ccc(-c2noc(CCC(=O)NCc3ccccc3Cl)n2)c1=O. The number of rotatable bonds is 7. The highest BCUT2D eigenvalue weighted by Gasteiger charge is 2.15. The molecule has 0 radical (unpaired) electrons. The number of pyridine rings is 1. The lowest BCUT2D eigenvalue weighted by atomic mass is 10.2. The first-order valence-corrected chi connectivity index (χ1v) is 9.41. The first-order valence-electron chi connectivity index (χ1n) is 9.03. The van der Waals surface area contributed by atoms with E-state index in [1.54, 1.807) is 16.7 Å². The van der Waals surface area contributed by atoms with Crippen molar-refractivity contribution in [3.05, 3.63) is 68.9 Å². The number of nitrogens with zero attached hydrogens (tertiary/aromatic N) is 3. The van der Waals surface area contributed by atoms with Crippen LogP contribution in [0, 0.1) is 6.92 Å². The number of aryl methyl sites for hydroxylation is 2. The van der Waals surface area contributed by atoms with Crippen molar-refractivity contribution < 1.29 is 9.32 Å². The number of hydrogen-bond donors (Lipinski definition) is 1. The Kier molecular flexibility index (Phi) is 6.26. The van der Waals surface area contributed by atoms with Crippen LogP contribution in [0.5, 0.6) is 0 Å². The molecule has 0 bridgehead atoms. The molecule has 0 saturated carbocycles. The normalized spacial score (nSPS) is 10.8. The highest BCUT2D eigenvalue weighted by atomic mass is 35.5. The molecule has 7 nitrogen and oxygen atoms in total. The van der Waals surface area contributed by atoms with Crippen LogP contribution in [0.4, 0.5) is 0 Å². The van der Waals surface area contributed by atoms with Crippen LogP contribution in [0.15, 0.2) is 45.7 Å². The van der Waals surface area contributed by atoms with Crippen LogP contribution in [0.3, 0.4) is 0 Å². The minimum absolute atomic E-state index is 0.150. The average molecular weight is 401 g/mol. The molecule has 0 aliphatic heterocycles. The van der Waals surface area contributed by atoms with Crippen molar-refractivity contribution in [3.63, 3.8) is 0 Å². The number of carbonyl (C=O) groups excluding carboxylic acids is 1. The van der Waals surface area contributed by atoms with Crippen molar-refractivity contribution >= 4 is 17.5 Å². The zero-order chi connectivity index (χ0) is 20.1. The molecule has 28 heavy (non-hydrogen) atoms. The summed E-state index contributed by atoms with van der Waals surface area (Å²) in [4.78, 5) is 28.8. The Bertz CT molecular complexity index is 1040. The van der Waals surface area contributed by atoms with E-state index in [9.17, 15) is 9.59 Å². The van der Waals surface area contributed by atoms with E-state index in [0.717, 1.165) is 11.3 Å². The van der Waals surface area contributed by atoms with E-state index in [1.807, 2.05) is 38.1 Å². The predicted octanol–water partition coefficient (Wildman–Crippen LogP) is 3.13. The van der Waals surface area contributed by atoms with Gasteiger partial charge >= 0.3 is 0 Å². The molecule has 0 saturated heterocycles. The van der Waals surface area contributed by atoms with Crippen molar-refractivity contribution in [2.45, 2.75) is 39.8 Å². The third-order valence-electron chi connectivity index (χ3n) is 4.42. The molecule has 3 rings (SSSR count). The van der Waals surface area contributed by atoms with Crippen molar-refractivity contribution in [1.82, 2.24) is 20.0 Å². The number of carbonyl (C=O) groups is 1. The van der Waals surface area contributed by atoms with Gasteiger partial charge in [-0.2, -0.15) is 4.98 Å². The molecule has 8 heteroatoms. The van der Waals surface area contributed by atoms with Crippen LogP contribution in [0.2, 0.25) is 5.02 Å². The van der Waals surface area contributed by atoms with Gasteiger partial charge < -0.3 is 14.4 Å². The molecule has 3 aromatic rings. The van der Waals surface area contributed by atoms with Crippen molar-refractivity contribution in [2.75, 3.05) is 0 Å². The van der Waals surface area contributed by atoms with Crippen LogP contribution in [-0.4, -0.2) is 20.6 Å². The second kappa shape index (κ2) is 8.84. The summed E-state index contributed by atoms with van der Waals surface area (Å²) in [6.07, 6.45) is 0.481. The van der Waals surface area contributed by atoms with Gasteiger partial charge in [0, 0.05) is 36.6 Å². The first kappa shape index (κ1) is 19.8. The lowest BCUT2D eigenvalue weighted by molar-refractivity contribution is -0.121. The van der Waals surface area contributed by atoms with Gasteiger partial charge in [0.1, 0.15) is 0 Å². The highest BCUT2D eigenvalue weighted by Crippen LogP contribution is 2.15. The number of nitrogens with one attached hydrogen (secondary N) is 1. The Morgan fingerprint density at radius 2 is 2.04 bits per heavy atom. The second-order valence-electron chi connectivity index (χ2n) is 6.32. The Balaban J connectivity index is 1.60. The molecule has 146 valence electrons. The summed E-state index contributed by atoms with van der Waals surface area (Å²) >= 11 is 6.07. The Hall–Kier alpha value is -2.93. The Morgan fingerprint density at radius 3 is 2.79 bits per heavy atom. The number of amides is 1. The van der Waals surface area contributed by atoms with Crippen molar-refractivity contribution in [2.24, 2.45) is 0 Å². The predicted molar refractivity (Wildman–Crippen MR) is 106 cm³/mol. The smallest absolute Gasteiger partial charge is 0.261 e. The minimum Gasteiger partial charge on any atom is -0.352 e. The highest BCUT2D eigenvalue weighted by molar-refractivity contribution is 6.31. The van der Waals surface area contributed by atoms with E-state index in [0.29, 0.717) is 29.6 Å². The van der Waals surface area contributed by atoms with Gasteiger partial charge in [0.25, 0.3) is 5.56 Å². The van der Waals surface area contributed by atoms with E-state index in [2.05, 4.69) is 15.5 Å². The monoisotopic (exact) mass is 400 g/mol. The molecule has 2 heterocycles. The largest absolute Gasteiger partial charge is 0.352 e. The van der Waals surface area contributed by atoms with Gasteiger partial charge in [-0.1, -0.05) is 35.0 Å². The quantitative estimate of drug-likeness (QED) is 0.658. The fourth-order valence-corrected chi connectivity index (χ4v) is 3.05. The number of halogens is 1. The van der Waals surface area contributed by atoms with Crippen LogP contribution in [0.25, 0.3) is 11.4 Å². The molecule has 0 atom stereocenters. The zero-order valence-corrected chi connectivity index (χ0v) is 16.5. The summed E-state index contributed by atoms with van der Waals surface area (Å²) in [5.41, 5.74) is 1.94. The van der Waals surface area contributed by atoms with Gasteiger partial charge in [-0.15, -0.1) is 0 Å². The molecule has 2 aromatic heterocycles. The van der Waals surface area contributed by atoms with Gasteiger partial charge in [-0.05, 0) is 37.6 Å². The molecule has 0 unspecified atom stereocenters. The maximum absolute atomic E-state index is 12.5. The minimum atomic E-state index is -0.160. The molecular formula is C20H21ClN4O3. The summed E-state index contributed by atoms with van der Waals surface area (Å²) in [6.45, 7) is 4.70. The fraction of sp³-hybridized carbons (Fsp3) is 0.300. The van der Waals surface area contributed by atoms with Crippen molar-refractivity contribution in [1.29, 1.82) is 0 Å². The number of aromatic nitrogens is 3. The van der Waals surface area contributed by atoms with Gasteiger partial charge in [-0.3, -0.25) is 9.59 Å². The van der Waals surface area contributed by atoms with Gasteiger partial charge in [0.2, 0.25) is 17.6 Å². The van der Waals surface area contributed by atoms with Gasteiger partial charge in [0.15, 0.2) is 0 Å². The molecule has 1 aromatic carbocycles. The maximum Gasteiger partial charge on any atom is 0.261 e. The van der Waals surface area contributed by atoms with Crippen LogP contribution < -0.4 is 10.9 Å². The molecule has 1 N–H and O–H groups in total. The number of hydrogen-bond acceptors (Lipinski definition) is 5. The molecule has 1 amide bonds. The Morgan fingerprint density at radius 1 is 1.25 bits per heavy atom. The molecule has 0 aliphatic carbocycles. The average Bonchev–Trinajstić information content (AvgIpc) is 3.15. The van der Waals surface area contributed by atoms with Gasteiger partial charge in [0.05, 0.1) is 5.56 Å². The molecule has 0 aliphatic rings. The third-order valence-corrected chi connectivity index (χ3v) is 4.79. The van der Waals surface area contributed by atoms with E-state index >= 15 is 0 Å². The summed E-state index contributed by atoms with van der Waals surface area (Å²) in [5, 5.41) is 7.31. The lowest BCUT2D eigenvalue weighted by Gasteiger charge is -2.07. The molecular weight excluding hydrogens is 380 g/mol. The van der Waals surface area contributed by atoms with E-state index in [-0.39, 0.29) is 30.1 Å². The summed E-state index contributed by atoms with van der Waals surface area (Å²) < 4.78 is 6.85. The van der Waals surface area contributed by atoms with Crippen LogP contribution in [-0.2, 0) is 24.3 Å². The van der Waals surface area contributed by atoms with Crippen LogP contribution >= 0.6 is 11.6 Å². The Labute approximate surface area is 167 Å². The third kappa shape index (κ3) is 4.48. The summed E-state index contributed by atoms with van der Waals surface area (Å²) in [6, 6.07) is 10.9. The van der Waals surface area contributed by atoms with Crippen molar-refractivity contribution in [3.8, 4) is 11.4 Å². The zero-order valence-electron chi connectivity index (χ0n) is 15.7. The van der Waals surface area contributed by atoms with Crippen LogP contribution in [0.1, 0.15) is 30.5 Å². The summed E-state index contributed by atoms with van der Waals surface area (Å²) in [7, 11) is 0. The van der Waals surface area contributed by atoms with Gasteiger partial charge in [-0.25, -0.2) is 0 Å². The summed E-state index contributed by atoms with van der Waals surface area (Å²) in [5.74, 6) is 0.396. The van der Waals surface area contributed by atoms with E-state index in [1.165, 1.54) is 0 Å². The second-order valence-corrected chi connectivity index (χ2v) is 6.72. The lowest BCUT2D eigenvalue weighted by Crippen LogP contribution is -2.23. The van der Waals surface area contributed by atoms with E-state index < -0.39 is 0 Å². The molecule has 0 fully saturated rings. The number of benzene rings is 1. The van der Waals surface area contributed by atoms with E-state index in [4.69, 9.17) is 16.1 Å². The standard InChI is InChI=1S/C20H21ClN4O3/c1-3-25-13(2)8-9-15(20(25)27)19-23-18(28-24-19)11-10-17(26)22-12-14-6-4-5-7-16(14)21/h4-9H,3,10-12H2,1-2H3,(H,22,26). The molecule has 0 spiro atoms. The fourth-order valence-electron chi connectivity index (χ4n) is 2.84. The topological polar surface area (TPSA) is 90.0 Å².